The maximum atomic E-state index is 12.8. The van der Waals surface area contributed by atoms with Crippen LogP contribution < -0.4 is 0 Å². The number of hydrogen-bond donors (Lipinski definition) is 2. The zero-order valence-corrected chi connectivity index (χ0v) is 22.7. The van der Waals surface area contributed by atoms with Crippen LogP contribution in [0, 0.1) is 36.0 Å². The van der Waals surface area contributed by atoms with Gasteiger partial charge in [-0.1, -0.05) is 69.2 Å². The first-order valence-electron chi connectivity index (χ1n) is 11.5. The molecule has 0 aromatic heterocycles. The van der Waals surface area contributed by atoms with Gasteiger partial charge < -0.3 is 5.11 Å². The van der Waals surface area contributed by atoms with Crippen LogP contribution in [0.1, 0.15) is 110 Å². The van der Waals surface area contributed by atoms with Crippen LogP contribution in [0.5, 0.6) is 5.75 Å². The summed E-state index contributed by atoms with van der Waals surface area (Å²) in [4.78, 5) is -0.0839. The first-order chi connectivity index (χ1) is 13.7. The van der Waals surface area contributed by atoms with E-state index in [4.69, 9.17) is 0 Å². The summed E-state index contributed by atoms with van der Waals surface area (Å²) in [5, 5.41) is 10.8. The van der Waals surface area contributed by atoms with E-state index in [0.29, 0.717) is 29.0 Å². The molecule has 0 spiro atoms. The van der Waals surface area contributed by atoms with Gasteiger partial charge in [-0.2, -0.15) is 8.42 Å². The fourth-order valence-electron chi connectivity index (χ4n) is 6.49. The Bertz CT molecular complexity index is 901. The molecule has 1 aromatic carbocycles. The number of rotatable bonds is 8. The third kappa shape index (κ3) is 6.25. The van der Waals surface area contributed by atoms with Gasteiger partial charge in [-0.05, 0) is 77.9 Å². The standard InChI is InChI=1S/C26H46O4S/c1-13-19-21(27)18(5)17(4)20(22(19)31(28,29)30)23(25(9,10)14-16(2)3)26(11,12)15-24(6,7)8/h16,23,27H,13-15H2,1-12H3,(H,28,29,30). The molecule has 0 heterocycles. The molecule has 0 aliphatic rings. The second-order valence-electron chi connectivity index (χ2n) is 12.4. The highest BCUT2D eigenvalue weighted by Crippen LogP contribution is 2.57. The second-order valence-corrected chi connectivity index (χ2v) is 13.8. The molecular weight excluding hydrogens is 408 g/mol. The molecule has 1 rings (SSSR count). The van der Waals surface area contributed by atoms with E-state index in [2.05, 4.69) is 62.3 Å². The Labute approximate surface area is 191 Å². The Kier molecular flexibility index (Phi) is 8.17. The molecule has 5 heteroatoms. The van der Waals surface area contributed by atoms with Crippen molar-refractivity contribution in [3.8, 4) is 5.75 Å². The van der Waals surface area contributed by atoms with Gasteiger partial charge in [0.15, 0.2) is 0 Å². The van der Waals surface area contributed by atoms with Gasteiger partial charge >= 0.3 is 0 Å². The maximum Gasteiger partial charge on any atom is 0.295 e. The lowest BCUT2D eigenvalue weighted by molar-refractivity contribution is 0.0767. The lowest BCUT2D eigenvalue weighted by Gasteiger charge is -2.49. The molecule has 4 nitrogen and oxygen atoms in total. The molecule has 1 aromatic rings. The minimum Gasteiger partial charge on any atom is -0.507 e. The van der Waals surface area contributed by atoms with Crippen molar-refractivity contribution >= 4 is 10.1 Å². The van der Waals surface area contributed by atoms with Crippen molar-refractivity contribution in [1.82, 2.24) is 0 Å². The summed E-state index contributed by atoms with van der Waals surface area (Å²) in [7, 11) is -4.54. The van der Waals surface area contributed by atoms with Crippen LogP contribution in [-0.4, -0.2) is 18.1 Å². The molecule has 0 fully saturated rings. The van der Waals surface area contributed by atoms with Gasteiger partial charge in [-0.15, -0.1) is 0 Å². The lowest BCUT2D eigenvalue weighted by atomic mass is 9.55. The van der Waals surface area contributed by atoms with E-state index in [1.807, 2.05) is 20.8 Å². The summed E-state index contributed by atoms with van der Waals surface area (Å²) in [5.41, 5.74) is 1.99. The smallest absolute Gasteiger partial charge is 0.295 e. The van der Waals surface area contributed by atoms with Gasteiger partial charge in [0, 0.05) is 5.56 Å². The Hall–Kier alpha value is -1.07. The highest BCUT2D eigenvalue weighted by Gasteiger charge is 2.47. The molecule has 180 valence electrons. The number of benzene rings is 1. The topological polar surface area (TPSA) is 74.6 Å². The fraction of sp³-hybridized carbons (Fsp3) is 0.769. The zero-order chi connectivity index (χ0) is 24.7. The predicted octanol–water partition coefficient (Wildman–Crippen LogP) is 7.44. The van der Waals surface area contributed by atoms with Crippen molar-refractivity contribution in [2.75, 3.05) is 0 Å². The summed E-state index contributed by atoms with van der Waals surface area (Å²) in [6, 6.07) is 0. The Balaban J connectivity index is 4.21. The van der Waals surface area contributed by atoms with Crippen LogP contribution in [-0.2, 0) is 16.5 Å². The summed E-state index contributed by atoms with van der Waals surface area (Å²) in [6.07, 6.45) is 2.13. The summed E-state index contributed by atoms with van der Waals surface area (Å²) in [5.74, 6) is 0.273. The molecule has 0 saturated carbocycles. The molecule has 0 aliphatic carbocycles. The van der Waals surface area contributed by atoms with E-state index in [9.17, 15) is 18.1 Å². The van der Waals surface area contributed by atoms with E-state index in [1.165, 1.54) is 0 Å². The molecular formula is C26H46O4S. The van der Waals surface area contributed by atoms with E-state index >= 15 is 0 Å². The van der Waals surface area contributed by atoms with Crippen molar-refractivity contribution in [2.24, 2.45) is 22.2 Å². The van der Waals surface area contributed by atoms with Crippen LogP contribution in [0.4, 0.5) is 0 Å². The van der Waals surface area contributed by atoms with Crippen molar-refractivity contribution in [1.29, 1.82) is 0 Å². The van der Waals surface area contributed by atoms with Crippen LogP contribution >= 0.6 is 0 Å². The first-order valence-corrected chi connectivity index (χ1v) is 12.9. The molecule has 0 radical (unpaired) electrons. The molecule has 0 saturated heterocycles. The maximum absolute atomic E-state index is 12.8. The van der Waals surface area contributed by atoms with E-state index in [0.717, 1.165) is 18.4 Å². The van der Waals surface area contributed by atoms with E-state index in [1.54, 1.807) is 0 Å². The Morgan fingerprint density at radius 2 is 1.39 bits per heavy atom. The number of phenols is 1. The summed E-state index contributed by atoms with van der Waals surface area (Å²) < 4.78 is 35.9. The van der Waals surface area contributed by atoms with Gasteiger partial charge in [0.05, 0.1) is 0 Å². The van der Waals surface area contributed by atoms with E-state index < -0.39 is 10.1 Å². The van der Waals surface area contributed by atoms with Crippen molar-refractivity contribution < 1.29 is 18.1 Å². The second kappa shape index (κ2) is 9.05. The molecule has 0 aliphatic heterocycles. The van der Waals surface area contributed by atoms with Crippen molar-refractivity contribution in [2.45, 2.75) is 113 Å². The number of phenolic OH excluding ortho intramolecular Hbond substituents is 1. The molecule has 0 bridgehead atoms. The third-order valence-corrected chi connectivity index (χ3v) is 7.49. The lowest BCUT2D eigenvalue weighted by Crippen LogP contribution is -2.39. The van der Waals surface area contributed by atoms with Gasteiger partial charge in [0.1, 0.15) is 10.6 Å². The van der Waals surface area contributed by atoms with Gasteiger partial charge in [0.25, 0.3) is 10.1 Å². The molecule has 31 heavy (non-hydrogen) atoms. The van der Waals surface area contributed by atoms with Crippen LogP contribution in [0.3, 0.4) is 0 Å². The highest BCUT2D eigenvalue weighted by molar-refractivity contribution is 7.86. The average molecular weight is 455 g/mol. The summed E-state index contributed by atoms with van der Waals surface area (Å²) >= 11 is 0. The SMILES string of the molecule is CCc1c(O)c(C)c(C)c(C(C(C)(C)CC(C)C)C(C)(C)CC(C)(C)C)c1S(=O)(=O)O. The Morgan fingerprint density at radius 1 is 0.903 bits per heavy atom. The molecule has 2 N–H and O–H groups in total. The van der Waals surface area contributed by atoms with E-state index in [-0.39, 0.29) is 32.8 Å². The quantitative estimate of drug-likeness (QED) is 0.400. The normalized spacial score (nSPS) is 14.9. The minimum absolute atomic E-state index is 0.0228. The fourth-order valence-corrected chi connectivity index (χ4v) is 7.60. The largest absolute Gasteiger partial charge is 0.507 e. The van der Waals surface area contributed by atoms with Crippen molar-refractivity contribution in [3.05, 3.63) is 22.3 Å². The van der Waals surface area contributed by atoms with Gasteiger partial charge in [-0.3, -0.25) is 4.55 Å². The first kappa shape index (κ1) is 28.0. The zero-order valence-electron chi connectivity index (χ0n) is 21.9. The highest BCUT2D eigenvalue weighted by atomic mass is 32.2. The third-order valence-electron chi connectivity index (χ3n) is 6.51. The predicted molar refractivity (Wildman–Crippen MR) is 131 cm³/mol. The Morgan fingerprint density at radius 3 is 1.74 bits per heavy atom. The molecule has 0 amide bonds. The number of aromatic hydroxyl groups is 1. The molecule has 1 unspecified atom stereocenters. The average Bonchev–Trinajstić information content (AvgIpc) is 2.49. The van der Waals surface area contributed by atoms with Gasteiger partial charge in [0.2, 0.25) is 0 Å². The minimum atomic E-state index is -4.54. The van der Waals surface area contributed by atoms with Crippen LogP contribution in [0.25, 0.3) is 0 Å². The van der Waals surface area contributed by atoms with Gasteiger partial charge in [-0.25, -0.2) is 0 Å². The van der Waals surface area contributed by atoms with Crippen molar-refractivity contribution in [3.63, 3.8) is 0 Å². The monoisotopic (exact) mass is 454 g/mol. The van der Waals surface area contributed by atoms with Crippen LogP contribution in [0.15, 0.2) is 4.90 Å². The van der Waals surface area contributed by atoms with Crippen LogP contribution in [0.2, 0.25) is 0 Å². The summed E-state index contributed by atoms with van der Waals surface area (Å²) in [6.45, 7) is 25.4. The number of hydrogen-bond acceptors (Lipinski definition) is 3. The molecule has 1 atom stereocenters.